The number of fused-ring (bicyclic) bond motifs is 1. The summed E-state index contributed by atoms with van der Waals surface area (Å²) in [4.78, 5) is 23.3. The van der Waals surface area contributed by atoms with Crippen molar-refractivity contribution in [2.75, 3.05) is 0 Å². The second-order valence-corrected chi connectivity index (χ2v) is 4.83. The number of rotatable bonds is 5. The third-order valence-electron chi connectivity index (χ3n) is 3.51. The number of carboxylic acids is 1. The predicted octanol–water partition coefficient (Wildman–Crippen LogP) is 1.96. The first-order valence-corrected chi connectivity index (χ1v) is 6.30. The van der Waals surface area contributed by atoms with E-state index < -0.39 is 5.97 Å². The average Bonchev–Trinajstić information content (AvgIpc) is 2.37. The Morgan fingerprint density at radius 2 is 2.26 bits per heavy atom. The maximum absolute atomic E-state index is 13.2. The Morgan fingerprint density at radius 1 is 1.47 bits per heavy atom. The van der Waals surface area contributed by atoms with E-state index in [0.717, 1.165) is 17.5 Å². The van der Waals surface area contributed by atoms with E-state index in [4.69, 9.17) is 5.11 Å². The van der Waals surface area contributed by atoms with E-state index in [1.54, 1.807) is 11.0 Å². The molecule has 0 fully saturated rings. The summed E-state index contributed by atoms with van der Waals surface area (Å²) in [5, 5.41) is 8.63. The predicted molar refractivity (Wildman–Crippen MR) is 67.0 cm³/mol. The highest BCUT2D eigenvalue weighted by molar-refractivity contribution is 5.66. The van der Waals surface area contributed by atoms with Gasteiger partial charge < -0.3 is 10.0 Å². The van der Waals surface area contributed by atoms with Crippen LogP contribution >= 0.6 is 0 Å². The number of carboxylic acid groups (broad SMARTS) is 1. The maximum atomic E-state index is 13.2. The molecule has 0 radical (unpaired) electrons. The first kappa shape index (κ1) is 13.5. The molecule has 19 heavy (non-hydrogen) atoms. The number of halogens is 1. The molecule has 0 bridgehead atoms. The van der Waals surface area contributed by atoms with Gasteiger partial charge in [-0.15, -0.1) is 0 Å². The van der Waals surface area contributed by atoms with Crippen molar-refractivity contribution in [1.82, 2.24) is 4.90 Å². The van der Waals surface area contributed by atoms with Gasteiger partial charge in [0.05, 0.1) is 0 Å². The van der Waals surface area contributed by atoms with Crippen molar-refractivity contribution in [3.8, 4) is 0 Å². The van der Waals surface area contributed by atoms with Crippen LogP contribution in [-0.2, 0) is 22.6 Å². The summed E-state index contributed by atoms with van der Waals surface area (Å²) < 4.78 is 13.2. The minimum atomic E-state index is -0.833. The van der Waals surface area contributed by atoms with Gasteiger partial charge in [-0.05, 0) is 42.5 Å². The molecule has 0 saturated heterocycles. The highest BCUT2D eigenvalue weighted by atomic mass is 19.1. The summed E-state index contributed by atoms with van der Waals surface area (Å²) in [6, 6.07) is 4.56. The zero-order valence-corrected chi connectivity index (χ0v) is 10.5. The summed E-state index contributed by atoms with van der Waals surface area (Å²) >= 11 is 0. The fourth-order valence-corrected chi connectivity index (χ4v) is 2.52. The fraction of sp³-hybridized carbons (Fsp3) is 0.429. The molecule has 1 aromatic rings. The van der Waals surface area contributed by atoms with Crippen LogP contribution in [0.1, 0.15) is 30.4 Å². The molecule has 5 heteroatoms. The van der Waals surface area contributed by atoms with Crippen molar-refractivity contribution in [3.05, 3.63) is 35.1 Å². The van der Waals surface area contributed by atoms with Gasteiger partial charge in [-0.25, -0.2) is 4.39 Å². The van der Waals surface area contributed by atoms with Crippen LogP contribution in [0.25, 0.3) is 0 Å². The smallest absolute Gasteiger partial charge is 0.303 e. The Hall–Kier alpha value is -1.91. The van der Waals surface area contributed by atoms with Crippen LogP contribution in [0.3, 0.4) is 0 Å². The minimum Gasteiger partial charge on any atom is -0.481 e. The lowest BCUT2D eigenvalue weighted by Gasteiger charge is -2.34. The number of carbonyl (C=O) groups excluding carboxylic acids is 1. The van der Waals surface area contributed by atoms with Crippen LogP contribution < -0.4 is 0 Å². The Bertz CT molecular complexity index is 490. The molecular weight excluding hydrogens is 249 g/mol. The highest BCUT2D eigenvalue weighted by Crippen LogP contribution is 2.25. The molecule has 1 atom stereocenters. The summed E-state index contributed by atoms with van der Waals surface area (Å²) in [6.45, 7) is 0.469. The monoisotopic (exact) mass is 265 g/mol. The number of benzene rings is 1. The molecule has 0 saturated carbocycles. The first-order valence-electron chi connectivity index (χ1n) is 6.30. The molecule has 1 N–H and O–H groups in total. The lowest BCUT2D eigenvalue weighted by Crippen LogP contribution is -2.39. The third kappa shape index (κ3) is 3.30. The number of nitrogens with zero attached hydrogens (tertiary/aromatic N) is 1. The molecule has 4 nitrogen and oxygen atoms in total. The van der Waals surface area contributed by atoms with Crippen molar-refractivity contribution in [2.24, 2.45) is 0 Å². The number of carbonyl (C=O) groups is 2. The van der Waals surface area contributed by atoms with Gasteiger partial charge in [0, 0.05) is 19.0 Å². The van der Waals surface area contributed by atoms with Gasteiger partial charge in [-0.2, -0.15) is 0 Å². The largest absolute Gasteiger partial charge is 0.481 e. The molecule has 1 heterocycles. The normalized spacial score (nSPS) is 17.9. The van der Waals surface area contributed by atoms with Crippen LogP contribution in [0, 0.1) is 5.82 Å². The van der Waals surface area contributed by atoms with Gasteiger partial charge in [0.25, 0.3) is 0 Å². The molecule has 0 aliphatic carbocycles. The van der Waals surface area contributed by atoms with Gasteiger partial charge in [0.15, 0.2) is 0 Å². The second kappa shape index (κ2) is 5.82. The Morgan fingerprint density at radius 3 is 2.95 bits per heavy atom. The lowest BCUT2D eigenvalue weighted by molar-refractivity contribution is -0.137. The standard InChI is InChI=1S/C14H16FNO3/c15-12-5-4-10-8-16(9-17)13(7-11(10)6-12)2-1-3-14(18)19/h4-6,9,13H,1-3,7-8H2,(H,18,19)/t13-/m0/s1. The molecule has 2 rings (SSSR count). The molecule has 0 spiro atoms. The first-order chi connectivity index (χ1) is 9.10. The SMILES string of the molecule is O=CN1Cc2ccc(F)cc2C[C@@H]1CCCC(=O)O. The maximum Gasteiger partial charge on any atom is 0.303 e. The summed E-state index contributed by atoms with van der Waals surface area (Å²) in [5.41, 5.74) is 1.88. The Balaban J connectivity index is 2.07. The number of aliphatic carboxylic acids is 1. The molecule has 102 valence electrons. The van der Waals surface area contributed by atoms with Gasteiger partial charge in [-0.1, -0.05) is 6.07 Å². The molecular formula is C14H16FNO3. The van der Waals surface area contributed by atoms with Gasteiger partial charge >= 0.3 is 5.97 Å². The fourth-order valence-electron chi connectivity index (χ4n) is 2.52. The van der Waals surface area contributed by atoms with Crippen LogP contribution in [0.4, 0.5) is 4.39 Å². The third-order valence-corrected chi connectivity index (χ3v) is 3.51. The van der Waals surface area contributed by atoms with Crippen molar-refractivity contribution in [1.29, 1.82) is 0 Å². The van der Waals surface area contributed by atoms with E-state index in [2.05, 4.69) is 0 Å². The molecule has 1 aliphatic heterocycles. The minimum absolute atomic E-state index is 0.0360. The van der Waals surface area contributed by atoms with Gasteiger partial charge in [-0.3, -0.25) is 9.59 Å². The summed E-state index contributed by atoms with van der Waals surface area (Å²) in [7, 11) is 0. The Labute approximate surface area is 110 Å². The number of amides is 1. The number of hydrogen-bond donors (Lipinski definition) is 1. The Kier molecular flexibility index (Phi) is 4.14. The van der Waals surface area contributed by atoms with Crippen molar-refractivity contribution >= 4 is 12.4 Å². The molecule has 1 aliphatic rings. The van der Waals surface area contributed by atoms with Crippen LogP contribution in [0.15, 0.2) is 18.2 Å². The second-order valence-electron chi connectivity index (χ2n) is 4.83. The highest BCUT2D eigenvalue weighted by Gasteiger charge is 2.25. The topological polar surface area (TPSA) is 57.6 Å². The van der Waals surface area contributed by atoms with Crippen LogP contribution in [-0.4, -0.2) is 28.4 Å². The van der Waals surface area contributed by atoms with E-state index in [-0.39, 0.29) is 18.3 Å². The molecule has 1 aromatic carbocycles. The molecule has 0 aromatic heterocycles. The quantitative estimate of drug-likeness (QED) is 0.828. The van der Waals surface area contributed by atoms with Crippen molar-refractivity contribution in [2.45, 2.75) is 38.3 Å². The van der Waals surface area contributed by atoms with Gasteiger partial charge in [0.1, 0.15) is 5.82 Å². The lowest BCUT2D eigenvalue weighted by atomic mass is 9.91. The van der Waals surface area contributed by atoms with Gasteiger partial charge in [0.2, 0.25) is 6.41 Å². The average molecular weight is 265 g/mol. The van der Waals surface area contributed by atoms with E-state index in [1.807, 2.05) is 0 Å². The van der Waals surface area contributed by atoms with E-state index in [9.17, 15) is 14.0 Å². The van der Waals surface area contributed by atoms with Crippen LogP contribution in [0.5, 0.6) is 0 Å². The van der Waals surface area contributed by atoms with E-state index in [1.165, 1.54) is 12.1 Å². The summed E-state index contributed by atoms with van der Waals surface area (Å²) in [6.07, 6.45) is 2.62. The van der Waals surface area contributed by atoms with Crippen molar-refractivity contribution < 1.29 is 19.1 Å². The zero-order chi connectivity index (χ0) is 13.8. The van der Waals surface area contributed by atoms with E-state index in [0.29, 0.717) is 25.8 Å². The molecule has 1 amide bonds. The zero-order valence-electron chi connectivity index (χ0n) is 10.5. The number of hydrogen-bond acceptors (Lipinski definition) is 2. The van der Waals surface area contributed by atoms with Crippen LogP contribution in [0.2, 0.25) is 0 Å². The molecule has 0 unspecified atom stereocenters. The van der Waals surface area contributed by atoms with Crippen molar-refractivity contribution in [3.63, 3.8) is 0 Å². The van der Waals surface area contributed by atoms with E-state index >= 15 is 0 Å². The summed E-state index contributed by atoms with van der Waals surface area (Å²) in [5.74, 6) is -1.11.